The van der Waals surface area contributed by atoms with Crippen LogP contribution in [-0.4, -0.2) is 23.1 Å². The summed E-state index contributed by atoms with van der Waals surface area (Å²) in [5.74, 6) is -0.646. The van der Waals surface area contributed by atoms with Crippen molar-refractivity contribution in [2.45, 2.75) is 283 Å². The summed E-state index contributed by atoms with van der Waals surface area (Å²) in [6, 6.07) is 0. The number of carboxylic acid groups (broad SMARTS) is 1. The zero-order chi connectivity index (χ0) is 37.8. The lowest BCUT2D eigenvalue weighted by Crippen LogP contribution is -2.14. The van der Waals surface area contributed by atoms with E-state index in [0.717, 1.165) is 32.1 Å². The molecule has 1 atom stereocenters. The molecule has 0 aromatic heterocycles. The molecule has 4 heteroatoms. The molecule has 0 heterocycles. The highest BCUT2D eigenvalue weighted by molar-refractivity contribution is 5.69. The molecule has 308 valence electrons. The van der Waals surface area contributed by atoms with Gasteiger partial charge < -0.3 is 9.84 Å². The monoisotopic (exact) mass is 733 g/mol. The highest BCUT2D eigenvalue weighted by Crippen LogP contribution is 2.17. The van der Waals surface area contributed by atoms with Crippen LogP contribution < -0.4 is 0 Å². The predicted octanol–water partition coefficient (Wildman–Crippen LogP) is 16.6. The van der Waals surface area contributed by atoms with E-state index in [1.165, 1.54) is 218 Å². The quantitative estimate of drug-likeness (QED) is 0.0385. The number of hydrogen-bond acceptors (Lipinski definition) is 3. The molecule has 0 rings (SSSR count). The second-order valence-electron chi connectivity index (χ2n) is 16.4. The molecular weight excluding hydrogens is 641 g/mol. The van der Waals surface area contributed by atoms with Gasteiger partial charge in [-0.25, -0.2) is 0 Å². The van der Waals surface area contributed by atoms with E-state index in [0.29, 0.717) is 12.8 Å². The van der Waals surface area contributed by atoms with Crippen molar-refractivity contribution >= 4 is 11.9 Å². The van der Waals surface area contributed by atoms with Crippen LogP contribution in [0, 0.1) is 0 Å². The molecule has 1 unspecified atom stereocenters. The highest BCUT2D eigenvalue weighted by atomic mass is 16.5. The van der Waals surface area contributed by atoms with Gasteiger partial charge in [0.1, 0.15) is 0 Å². The van der Waals surface area contributed by atoms with Gasteiger partial charge in [-0.15, -0.1) is 0 Å². The van der Waals surface area contributed by atoms with Crippen molar-refractivity contribution in [3.8, 4) is 0 Å². The number of unbranched alkanes of at least 4 members (excludes halogenated alkanes) is 35. The van der Waals surface area contributed by atoms with Gasteiger partial charge in [-0.05, 0) is 58.3 Å². The topological polar surface area (TPSA) is 63.6 Å². The molecule has 0 aromatic carbocycles. The van der Waals surface area contributed by atoms with Crippen LogP contribution in [0.4, 0.5) is 0 Å². The maximum absolute atomic E-state index is 12.2. The average molecular weight is 733 g/mol. The van der Waals surface area contributed by atoms with Crippen molar-refractivity contribution in [3.63, 3.8) is 0 Å². The van der Waals surface area contributed by atoms with Crippen LogP contribution in [-0.2, 0) is 14.3 Å². The Morgan fingerprint density at radius 1 is 0.423 bits per heavy atom. The van der Waals surface area contributed by atoms with Crippen LogP contribution in [0.3, 0.4) is 0 Å². The third-order valence-electron chi connectivity index (χ3n) is 11.0. The summed E-state index contributed by atoms with van der Waals surface area (Å²) in [5, 5.41) is 8.66. The van der Waals surface area contributed by atoms with Gasteiger partial charge >= 0.3 is 11.9 Å². The van der Waals surface area contributed by atoms with E-state index < -0.39 is 5.97 Å². The summed E-state index contributed by atoms with van der Waals surface area (Å²) in [7, 11) is 0. The first-order valence-corrected chi connectivity index (χ1v) is 23.6. The van der Waals surface area contributed by atoms with Crippen molar-refractivity contribution in [3.05, 3.63) is 12.2 Å². The van der Waals surface area contributed by atoms with E-state index in [-0.39, 0.29) is 12.1 Å². The molecule has 1 N–H and O–H groups in total. The number of esters is 1. The normalized spacial score (nSPS) is 12.2. The Hall–Kier alpha value is -1.32. The van der Waals surface area contributed by atoms with E-state index >= 15 is 0 Å². The van der Waals surface area contributed by atoms with Gasteiger partial charge in [0.2, 0.25) is 0 Å². The number of ether oxygens (including phenoxy) is 1. The molecule has 0 aromatic rings. The number of aliphatic carboxylic acids is 1. The smallest absolute Gasteiger partial charge is 0.306 e. The highest BCUT2D eigenvalue weighted by Gasteiger charge is 2.09. The first-order chi connectivity index (χ1) is 25.6. The molecule has 0 aliphatic rings. The van der Waals surface area contributed by atoms with E-state index in [1.807, 2.05) is 0 Å². The maximum atomic E-state index is 12.2. The van der Waals surface area contributed by atoms with Crippen LogP contribution in [0.1, 0.15) is 277 Å². The fourth-order valence-electron chi connectivity index (χ4n) is 7.46. The molecule has 0 amide bonds. The minimum atomic E-state index is -0.659. The summed E-state index contributed by atoms with van der Waals surface area (Å²) in [6.07, 6.45) is 56.9. The molecule has 0 bridgehead atoms. The number of allylic oxidation sites excluding steroid dienone is 2. The minimum Gasteiger partial charge on any atom is -0.481 e. The summed E-state index contributed by atoms with van der Waals surface area (Å²) in [6.45, 7) is 4.36. The molecule has 0 saturated heterocycles. The van der Waals surface area contributed by atoms with Crippen molar-refractivity contribution in [2.24, 2.45) is 0 Å². The Balaban J connectivity index is 3.27. The fourth-order valence-corrected chi connectivity index (χ4v) is 7.46. The third-order valence-corrected chi connectivity index (χ3v) is 11.0. The van der Waals surface area contributed by atoms with Gasteiger partial charge in [-0.2, -0.15) is 0 Å². The third kappa shape index (κ3) is 44.8. The van der Waals surface area contributed by atoms with Gasteiger partial charge in [0.25, 0.3) is 0 Å². The lowest BCUT2D eigenvalue weighted by atomic mass is 10.0. The van der Waals surface area contributed by atoms with Gasteiger partial charge in [-0.1, -0.05) is 218 Å². The molecule has 52 heavy (non-hydrogen) atoms. The van der Waals surface area contributed by atoms with Crippen LogP contribution in [0.5, 0.6) is 0 Å². The first kappa shape index (κ1) is 50.7. The largest absolute Gasteiger partial charge is 0.481 e. The Labute approximate surface area is 325 Å². The summed E-state index contributed by atoms with van der Waals surface area (Å²) >= 11 is 0. The van der Waals surface area contributed by atoms with Crippen LogP contribution in [0.15, 0.2) is 12.2 Å². The summed E-state index contributed by atoms with van der Waals surface area (Å²) in [5.41, 5.74) is 0. The molecule has 0 aliphatic carbocycles. The Kier molecular flexibility index (Phi) is 43.0. The molecule has 0 aliphatic heterocycles. The second kappa shape index (κ2) is 44.1. The molecule has 0 spiro atoms. The molecular formula is C48H92O4. The Morgan fingerprint density at radius 3 is 1.06 bits per heavy atom. The van der Waals surface area contributed by atoms with Crippen LogP contribution >= 0.6 is 0 Å². The minimum absolute atomic E-state index is 0.0130. The zero-order valence-corrected chi connectivity index (χ0v) is 35.4. The number of carboxylic acids is 1. The first-order valence-electron chi connectivity index (χ1n) is 23.6. The Morgan fingerprint density at radius 2 is 0.712 bits per heavy atom. The molecule has 0 saturated carbocycles. The fraction of sp³-hybridized carbons (Fsp3) is 0.917. The van der Waals surface area contributed by atoms with Crippen molar-refractivity contribution in [1.29, 1.82) is 0 Å². The van der Waals surface area contributed by atoms with Crippen molar-refractivity contribution in [2.75, 3.05) is 0 Å². The average Bonchev–Trinajstić information content (AvgIpc) is 3.12. The number of carbonyl (C=O) groups is 2. The van der Waals surface area contributed by atoms with E-state index in [1.54, 1.807) is 0 Å². The number of rotatable bonds is 44. The van der Waals surface area contributed by atoms with E-state index in [9.17, 15) is 9.59 Å². The standard InChI is InChI=1S/C48H92O4/c1-3-4-5-6-7-8-9-10-11-12-13-14-18-21-24-27-30-33-36-39-42-45-48(51)52-46(2)43-40-37-34-31-28-25-22-19-16-15-17-20-23-26-29-32-35-38-41-44-47(49)50/h10-11,46H,3-9,12-45H2,1-2H3,(H,49,50)/b11-10-. The maximum Gasteiger partial charge on any atom is 0.306 e. The lowest BCUT2D eigenvalue weighted by Gasteiger charge is -2.13. The SMILES string of the molecule is CCCCCCCC/C=C\CCCCCCCCCCCCCC(=O)OC(C)CCCCCCCCCCCCCCCCCCCCCC(=O)O. The number of hydrogen-bond donors (Lipinski definition) is 1. The Bertz CT molecular complexity index is 747. The second-order valence-corrected chi connectivity index (χ2v) is 16.4. The van der Waals surface area contributed by atoms with Crippen LogP contribution in [0.25, 0.3) is 0 Å². The lowest BCUT2D eigenvalue weighted by molar-refractivity contribution is -0.148. The molecule has 4 nitrogen and oxygen atoms in total. The predicted molar refractivity (Wildman–Crippen MR) is 227 cm³/mol. The summed E-state index contributed by atoms with van der Waals surface area (Å²) < 4.78 is 5.68. The van der Waals surface area contributed by atoms with Crippen molar-refractivity contribution in [1.82, 2.24) is 0 Å². The van der Waals surface area contributed by atoms with Gasteiger partial charge in [0.05, 0.1) is 6.10 Å². The van der Waals surface area contributed by atoms with Gasteiger partial charge in [0, 0.05) is 12.8 Å². The summed E-state index contributed by atoms with van der Waals surface area (Å²) in [4.78, 5) is 22.7. The molecule has 0 fully saturated rings. The van der Waals surface area contributed by atoms with Gasteiger partial charge in [0.15, 0.2) is 0 Å². The van der Waals surface area contributed by atoms with Crippen molar-refractivity contribution < 1.29 is 19.4 Å². The molecule has 0 radical (unpaired) electrons. The van der Waals surface area contributed by atoms with E-state index in [2.05, 4.69) is 26.0 Å². The van der Waals surface area contributed by atoms with Gasteiger partial charge in [-0.3, -0.25) is 9.59 Å². The van der Waals surface area contributed by atoms with E-state index in [4.69, 9.17) is 9.84 Å². The van der Waals surface area contributed by atoms with Crippen LogP contribution in [0.2, 0.25) is 0 Å². The zero-order valence-electron chi connectivity index (χ0n) is 35.4. The number of carbonyl (C=O) groups excluding carboxylic acids is 1.